The third kappa shape index (κ3) is 4.91. The number of aromatic nitrogens is 2. The Labute approximate surface area is 160 Å². The summed E-state index contributed by atoms with van der Waals surface area (Å²) in [5.41, 5.74) is 6.65. The minimum absolute atomic E-state index is 0.152. The Morgan fingerprint density at radius 3 is 1.59 bits per heavy atom. The van der Waals surface area contributed by atoms with Gasteiger partial charge in [0, 0.05) is 0 Å². The van der Waals surface area contributed by atoms with Gasteiger partial charge in [-0.2, -0.15) is 0 Å². The molecule has 0 bridgehead atoms. The molecule has 27 heavy (non-hydrogen) atoms. The zero-order valence-electron chi connectivity index (χ0n) is 16.0. The summed E-state index contributed by atoms with van der Waals surface area (Å²) < 4.78 is 4.36. The van der Waals surface area contributed by atoms with Gasteiger partial charge in [-0.25, -0.2) is 0 Å². The summed E-state index contributed by atoms with van der Waals surface area (Å²) in [7, 11) is 0. The number of hydrogen-bond donors (Lipinski definition) is 0. The van der Waals surface area contributed by atoms with Crippen LogP contribution in [-0.2, 0) is 5.41 Å². The van der Waals surface area contributed by atoms with Crippen molar-refractivity contribution in [2.24, 2.45) is 0 Å². The molecule has 3 aromatic carbocycles. The predicted molar refractivity (Wildman–Crippen MR) is 110 cm³/mol. The number of rotatable bonds is 2. The summed E-state index contributed by atoms with van der Waals surface area (Å²) in [5, 5.41) is 6.61. The maximum Gasteiger partial charge on any atom is 0.203 e. The van der Waals surface area contributed by atoms with Gasteiger partial charge < -0.3 is 4.42 Å². The third-order valence-electron chi connectivity index (χ3n) is 4.34. The molecule has 136 valence electrons. The van der Waals surface area contributed by atoms with E-state index in [2.05, 4.69) is 114 Å². The lowest BCUT2D eigenvalue weighted by molar-refractivity contribution is 0.553. The zero-order valence-corrected chi connectivity index (χ0v) is 16.0. The van der Waals surface area contributed by atoms with E-state index in [-0.39, 0.29) is 5.41 Å². The first-order chi connectivity index (χ1) is 13.1. The normalized spacial score (nSPS) is 10.8. The average Bonchev–Trinajstić information content (AvgIpc) is 3.28. The van der Waals surface area contributed by atoms with E-state index < -0.39 is 0 Å². The van der Waals surface area contributed by atoms with Crippen LogP contribution in [0.5, 0.6) is 0 Å². The van der Waals surface area contributed by atoms with Crippen LogP contribution in [0.4, 0.5) is 0 Å². The average molecular weight is 356 g/mol. The molecule has 4 rings (SSSR count). The van der Waals surface area contributed by atoms with Crippen molar-refractivity contribution >= 4 is 0 Å². The van der Waals surface area contributed by atoms with Gasteiger partial charge in [-0.3, -0.25) is 0 Å². The minimum Gasteiger partial charge on any atom is -0.431 e. The van der Waals surface area contributed by atoms with Crippen LogP contribution in [0.15, 0.2) is 96.1 Å². The molecule has 0 fully saturated rings. The van der Waals surface area contributed by atoms with Crippen molar-refractivity contribution in [3.05, 3.63) is 97.2 Å². The lowest BCUT2D eigenvalue weighted by atomic mass is 9.83. The van der Waals surface area contributed by atoms with Crippen LogP contribution >= 0.6 is 0 Å². The molecule has 4 aromatic rings. The second-order valence-corrected chi connectivity index (χ2v) is 7.32. The van der Waals surface area contributed by atoms with Gasteiger partial charge in [-0.05, 0) is 33.2 Å². The van der Waals surface area contributed by atoms with E-state index in [0.29, 0.717) is 0 Å². The maximum atomic E-state index is 4.36. The minimum atomic E-state index is 0.152. The lowest BCUT2D eigenvalue weighted by Gasteiger charge is -2.22. The summed E-state index contributed by atoms with van der Waals surface area (Å²) in [6.45, 7) is 6.79. The molecule has 0 aliphatic carbocycles. The van der Waals surface area contributed by atoms with Gasteiger partial charge >= 0.3 is 0 Å². The molecule has 0 unspecified atom stereocenters. The van der Waals surface area contributed by atoms with Crippen LogP contribution in [0.1, 0.15) is 26.3 Å². The first-order valence-electron chi connectivity index (χ1n) is 9.00. The number of benzene rings is 3. The zero-order chi connectivity index (χ0) is 19.1. The van der Waals surface area contributed by atoms with Crippen molar-refractivity contribution in [2.75, 3.05) is 0 Å². The van der Waals surface area contributed by atoms with Gasteiger partial charge in [0.1, 0.15) is 0 Å². The van der Waals surface area contributed by atoms with Gasteiger partial charge in [0.05, 0.1) is 0 Å². The van der Waals surface area contributed by atoms with Gasteiger partial charge in [0.15, 0.2) is 0 Å². The fraction of sp³-hybridized carbons (Fsp3) is 0.167. The Hall–Kier alpha value is -3.20. The van der Waals surface area contributed by atoms with Gasteiger partial charge in [-0.1, -0.05) is 99.6 Å². The first kappa shape index (κ1) is 18.6. The fourth-order valence-electron chi connectivity index (χ4n) is 2.87. The Morgan fingerprint density at radius 1 is 0.630 bits per heavy atom. The van der Waals surface area contributed by atoms with Gasteiger partial charge in [0.2, 0.25) is 12.8 Å². The highest BCUT2D eigenvalue weighted by molar-refractivity contribution is 5.84. The molecule has 0 saturated carbocycles. The summed E-state index contributed by atoms with van der Waals surface area (Å²) in [6, 6.07) is 28.1. The molecule has 1 heterocycles. The van der Waals surface area contributed by atoms with E-state index in [4.69, 9.17) is 0 Å². The second kappa shape index (κ2) is 8.45. The van der Waals surface area contributed by atoms with Gasteiger partial charge in [0.25, 0.3) is 0 Å². The molecule has 0 saturated heterocycles. The van der Waals surface area contributed by atoms with E-state index in [9.17, 15) is 0 Å². The van der Waals surface area contributed by atoms with E-state index in [1.165, 1.54) is 40.6 Å². The SMILES string of the molecule is CC(C)(C)c1ccc(-c2ccccc2)c(-c2ccccc2)c1.c1nnco1. The Kier molecular flexibility index (Phi) is 5.82. The van der Waals surface area contributed by atoms with Crippen LogP contribution in [0.3, 0.4) is 0 Å². The van der Waals surface area contributed by atoms with E-state index in [1.807, 2.05) is 0 Å². The van der Waals surface area contributed by atoms with E-state index >= 15 is 0 Å². The lowest BCUT2D eigenvalue weighted by Crippen LogP contribution is -2.11. The van der Waals surface area contributed by atoms with Crippen molar-refractivity contribution in [2.45, 2.75) is 26.2 Å². The summed E-state index contributed by atoms with van der Waals surface area (Å²) in [6.07, 6.45) is 2.53. The molecule has 0 aliphatic rings. The Morgan fingerprint density at radius 2 is 1.15 bits per heavy atom. The highest BCUT2D eigenvalue weighted by Crippen LogP contribution is 2.35. The molecule has 0 radical (unpaired) electrons. The number of hydrogen-bond acceptors (Lipinski definition) is 3. The Bertz CT molecular complexity index is 924. The standard InChI is InChI=1S/C22H22.C2H2N2O/c1-22(2,3)19-14-15-20(17-10-6-4-7-11-17)21(16-19)18-12-8-5-9-13-18;1-3-4-2-5-1/h4-16H,1-3H3;1-2H. The fourth-order valence-corrected chi connectivity index (χ4v) is 2.87. The van der Waals surface area contributed by atoms with E-state index in [1.54, 1.807) is 0 Å². The van der Waals surface area contributed by atoms with Crippen molar-refractivity contribution in [1.29, 1.82) is 0 Å². The summed E-state index contributed by atoms with van der Waals surface area (Å²) in [4.78, 5) is 0. The first-order valence-corrected chi connectivity index (χ1v) is 9.00. The topological polar surface area (TPSA) is 38.9 Å². The number of nitrogens with zero attached hydrogens (tertiary/aromatic N) is 2. The second-order valence-electron chi connectivity index (χ2n) is 7.32. The van der Waals surface area contributed by atoms with Crippen molar-refractivity contribution in [3.63, 3.8) is 0 Å². The molecule has 0 atom stereocenters. The summed E-state index contributed by atoms with van der Waals surface area (Å²) in [5.74, 6) is 0. The monoisotopic (exact) mass is 356 g/mol. The van der Waals surface area contributed by atoms with Crippen molar-refractivity contribution in [3.8, 4) is 22.3 Å². The summed E-state index contributed by atoms with van der Waals surface area (Å²) >= 11 is 0. The molecular formula is C24H24N2O. The van der Waals surface area contributed by atoms with Gasteiger partial charge in [-0.15, -0.1) is 10.2 Å². The molecule has 3 heteroatoms. The third-order valence-corrected chi connectivity index (χ3v) is 4.34. The molecule has 0 spiro atoms. The van der Waals surface area contributed by atoms with Crippen LogP contribution < -0.4 is 0 Å². The highest BCUT2D eigenvalue weighted by Gasteiger charge is 2.16. The Balaban J connectivity index is 0.000000364. The van der Waals surface area contributed by atoms with Crippen LogP contribution in [0, 0.1) is 0 Å². The molecule has 1 aromatic heterocycles. The molecule has 3 nitrogen and oxygen atoms in total. The van der Waals surface area contributed by atoms with E-state index in [0.717, 1.165) is 0 Å². The molecule has 0 aliphatic heterocycles. The van der Waals surface area contributed by atoms with Crippen LogP contribution in [0.25, 0.3) is 22.3 Å². The molecular weight excluding hydrogens is 332 g/mol. The smallest absolute Gasteiger partial charge is 0.203 e. The van der Waals surface area contributed by atoms with Crippen molar-refractivity contribution < 1.29 is 4.42 Å². The molecule has 0 amide bonds. The highest BCUT2D eigenvalue weighted by atomic mass is 16.3. The predicted octanol–water partition coefficient (Wildman–Crippen LogP) is 6.39. The quantitative estimate of drug-likeness (QED) is 0.418. The van der Waals surface area contributed by atoms with Crippen LogP contribution in [0.2, 0.25) is 0 Å². The van der Waals surface area contributed by atoms with Crippen molar-refractivity contribution in [1.82, 2.24) is 10.2 Å². The maximum absolute atomic E-state index is 4.36. The largest absolute Gasteiger partial charge is 0.431 e. The van der Waals surface area contributed by atoms with Crippen LogP contribution in [-0.4, -0.2) is 10.2 Å². The molecule has 0 N–H and O–H groups in total.